The summed E-state index contributed by atoms with van der Waals surface area (Å²) >= 11 is 0. The van der Waals surface area contributed by atoms with Gasteiger partial charge in [-0.3, -0.25) is 0 Å². The van der Waals surface area contributed by atoms with Crippen LogP contribution < -0.4 is 5.32 Å². The van der Waals surface area contributed by atoms with Crippen LogP contribution in [0.3, 0.4) is 0 Å². The van der Waals surface area contributed by atoms with Gasteiger partial charge in [-0.1, -0.05) is 0 Å². The van der Waals surface area contributed by atoms with Crippen LogP contribution >= 0.6 is 0 Å². The van der Waals surface area contributed by atoms with Crippen LogP contribution in [0, 0.1) is 0 Å². The molecule has 18 heavy (non-hydrogen) atoms. The second kappa shape index (κ2) is 5.02. The number of rotatable bonds is 3. The molecule has 0 aromatic carbocycles. The first-order valence-electron chi connectivity index (χ1n) is 6.87. The van der Waals surface area contributed by atoms with Crippen LogP contribution in [0.2, 0.25) is 0 Å². The minimum atomic E-state index is -0.0247. The summed E-state index contributed by atoms with van der Waals surface area (Å²) in [7, 11) is 4.22. The number of likely N-dealkylation sites (tertiary alicyclic amines) is 1. The maximum Gasteiger partial charge on any atom is 0.0951 e. The number of hydrogen-bond acceptors (Lipinski definition) is 3. The zero-order chi connectivity index (χ0) is 13.3. The molecule has 1 aliphatic rings. The number of imidazole rings is 1. The van der Waals surface area contributed by atoms with E-state index in [0.717, 1.165) is 0 Å². The molecule has 2 unspecified atom stereocenters. The largest absolute Gasteiger partial charge is 0.330 e. The highest BCUT2D eigenvalue weighted by Gasteiger charge is 2.29. The monoisotopic (exact) mass is 250 g/mol. The predicted octanol–water partition coefficient (Wildman–Crippen LogP) is 1.99. The van der Waals surface area contributed by atoms with Gasteiger partial charge in [0.15, 0.2) is 0 Å². The Morgan fingerprint density at radius 2 is 2.17 bits per heavy atom. The molecule has 2 atom stereocenters. The Bertz CT molecular complexity index is 396. The second-order valence-corrected chi connectivity index (χ2v) is 6.07. The van der Waals surface area contributed by atoms with Crippen molar-refractivity contribution in [1.82, 2.24) is 19.8 Å². The van der Waals surface area contributed by atoms with Gasteiger partial charge in [0.1, 0.15) is 0 Å². The van der Waals surface area contributed by atoms with Crippen molar-refractivity contribution in [3.05, 3.63) is 18.2 Å². The SMILES string of the molecule is CNC(C)(C)c1cncn1C1CCN(C)C(C)C1. The Labute approximate surface area is 110 Å². The molecule has 0 bridgehead atoms. The van der Waals surface area contributed by atoms with Crippen LogP contribution in [0.1, 0.15) is 45.3 Å². The molecule has 0 aliphatic carbocycles. The Hall–Kier alpha value is -0.870. The molecule has 1 N–H and O–H groups in total. The topological polar surface area (TPSA) is 33.1 Å². The second-order valence-electron chi connectivity index (χ2n) is 6.07. The summed E-state index contributed by atoms with van der Waals surface area (Å²) in [5, 5.41) is 3.37. The Kier molecular flexibility index (Phi) is 3.78. The Morgan fingerprint density at radius 1 is 1.44 bits per heavy atom. The van der Waals surface area contributed by atoms with Crippen LogP contribution in [0.5, 0.6) is 0 Å². The summed E-state index contributed by atoms with van der Waals surface area (Å²) < 4.78 is 2.38. The lowest BCUT2D eigenvalue weighted by atomic mass is 9.96. The van der Waals surface area contributed by atoms with Crippen LogP contribution in [-0.2, 0) is 5.54 Å². The molecular weight excluding hydrogens is 224 g/mol. The van der Waals surface area contributed by atoms with E-state index in [1.807, 2.05) is 19.6 Å². The molecule has 1 aliphatic heterocycles. The summed E-state index contributed by atoms with van der Waals surface area (Å²) in [5.74, 6) is 0. The quantitative estimate of drug-likeness (QED) is 0.890. The zero-order valence-electron chi connectivity index (χ0n) is 12.3. The summed E-state index contributed by atoms with van der Waals surface area (Å²) in [6, 6.07) is 1.23. The van der Waals surface area contributed by atoms with Crippen LogP contribution in [0.25, 0.3) is 0 Å². The molecule has 0 radical (unpaired) electrons. The highest BCUT2D eigenvalue weighted by molar-refractivity contribution is 5.12. The molecule has 102 valence electrons. The number of piperidine rings is 1. The molecule has 2 heterocycles. The van der Waals surface area contributed by atoms with Gasteiger partial charge in [0.2, 0.25) is 0 Å². The molecule has 4 nitrogen and oxygen atoms in total. The fourth-order valence-corrected chi connectivity index (χ4v) is 2.73. The van der Waals surface area contributed by atoms with E-state index in [4.69, 9.17) is 0 Å². The van der Waals surface area contributed by atoms with Gasteiger partial charge in [0.05, 0.1) is 23.8 Å². The summed E-state index contributed by atoms with van der Waals surface area (Å²) in [6.07, 6.45) is 6.42. The van der Waals surface area contributed by atoms with E-state index in [-0.39, 0.29) is 5.54 Å². The molecule has 1 saturated heterocycles. The highest BCUT2D eigenvalue weighted by atomic mass is 15.2. The van der Waals surface area contributed by atoms with Gasteiger partial charge >= 0.3 is 0 Å². The number of hydrogen-bond donors (Lipinski definition) is 1. The van der Waals surface area contributed by atoms with Gasteiger partial charge in [-0.2, -0.15) is 0 Å². The maximum absolute atomic E-state index is 4.36. The average molecular weight is 250 g/mol. The molecule has 0 spiro atoms. The third-order valence-corrected chi connectivity index (χ3v) is 4.51. The van der Waals surface area contributed by atoms with E-state index in [2.05, 4.69) is 47.6 Å². The molecule has 1 fully saturated rings. The van der Waals surface area contributed by atoms with E-state index in [1.165, 1.54) is 25.1 Å². The van der Waals surface area contributed by atoms with Crippen molar-refractivity contribution in [2.75, 3.05) is 20.6 Å². The van der Waals surface area contributed by atoms with Crippen molar-refractivity contribution < 1.29 is 0 Å². The maximum atomic E-state index is 4.36. The van der Waals surface area contributed by atoms with Gasteiger partial charge < -0.3 is 14.8 Å². The van der Waals surface area contributed by atoms with Crippen LogP contribution in [-0.4, -0.2) is 41.1 Å². The number of aromatic nitrogens is 2. The van der Waals surface area contributed by atoms with E-state index >= 15 is 0 Å². The molecular formula is C14H26N4. The van der Waals surface area contributed by atoms with E-state index in [9.17, 15) is 0 Å². The number of nitrogens with one attached hydrogen (secondary N) is 1. The third-order valence-electron chi connectivity index (χ3n) is 4.51. The van der Waals surface area contributed by atoms with Crippen molar-refractivity contribution >= 4 is 0 Å². The van der Waals surface area contributed by atoms with Crippen LogP contribution in [0.15, 0.2) is 12.5 Å². The predicted molar refractivity (Wildman–Crippen MR) is 74.7 cm³/mol. The van der Waals surface area contributed by atoms with Gasteiger partial charge in [0.25, 0.3) is 0 Å². The summed E-state index contributed by atoms with van der Waals surface area (Å²) in [5.41, 5.74) is 1.26. The van der Waals surface area contributed by atoms with Gasteiger partial charge in [-0.15, -0.1) is 0 Å². The van der Waals surface area contributed by atoms with Crippen molar-refractivity contribution in [2.24, 2.45) is 0 Å². The van der Waals surface area contributed by atoms with E-state index in [1.54, 1.807) is 0 Å². The van der Waals surface area contributed by atoms with Crippen molar-refractivity contribution in [2.45, 2.75) is 51.2 Å². The van der Waals surface area contributed by atoms with Crippen LogP contribution in [0.4, 0.5) is 0 Å². The summed E-state index contributed by atoms with van der Waals surface area (Å²) in [4.78, 5) is 6.81. The van der Waals surface area contributed by atoms with E-state index in [0.29, 0.717) is 12.1 Å². The molecule has 1 aromatic heterocycles. The van der Waals surface area contributed by atoms with Gasteiger partial charge in [0, 0.05) is 18.6 Å². The van der Waals surface area contributed by atoms with Crippen molar-refractivity contribution in [1.29, 1.82) is 0 Å². The highest BCUT2D eigenvalue weighted by Crippen LogP contribution is 2.30. The van der Waals surface area contributed by atoms with E-state index < -0.39 is 0 Å². The first-order chi connectivity index (χ1) is 8.45. The molecule has 4 heteroatoms. The van der Waals surface area contributed by atoms with Crippen molar-refractivity contribution in [3.8, 4) is 0 Å². The average Bonchev–Trinajstić information content (AvgIpc) is 2.82. The minimum absolute atomic E-state index is 0.0247. The van der Waals surface area contributed by atoms with Gasteiger partial charge in [-0.25, -0.2) is 4.98 Å². The smallest absolute Gasteiger partial charge is 0.0951 e. The normalized spacial score (nSPS) is 26.5. The summed E-state index contributed by atoms with van der Waals surface area (Å²) in [6.45, 7) is 7.90. The standard InChI is InChI=1S/C14H26N4/c1-11-8-12(6-7-17(11)5)18-10-16-9-13(18)14(2,3)15-4/h9-12,15H,6-8H2,1-5H3. The lowest BCUT2D eigenvalue weighted by Crippen LogP contribution is -2.41. The first-order valence-corrected chi connectivity index (χ1v) is 6.87. The zero-order valence-corrected chi connectivity index (χ0v) is 12.3. The Morgan fingerprint density at radius 3 is 2.78 bits per heavy atom. The van der Waals surface area contributed by atoms with Gasteiger partial charge in [-0.05, 0) is 47.7 Å². The minimum Gasteiger partial charge on any atom is -0.330 e. The fourth-order valence-electron chi connectivity index (χ4n) is 2.73. The third kappa shape index (κ3) is 2.45. The molecule has 2 rings (SSSR count). The molecule has 1 aromatic rings. The number of nitrogens with zero attached hydrogens (tertiary/aromatic N) is 3. The lowest BCUT2D eigenvalue weighted by Gasteiger charge is -2.37. The Balaban J connectivity index is 2.22. The fraction of sp³-hybridized carbons (Fsp3) is 0.786. The van der Waals surface area contributed by atoms with Crippen molar-refractivity contribution in [3.63, 3.8) is 0 Å². The molecule has 0 amide bonds. The molecule has 0 saturated carbocycles. The lowest BCUT2D eigenvalue weighted by molar-refractivity contribution is 0.153. The first kappa shape index (κ1) is 13.6.